The maximum Gasteiger partial charge on any atom is 0.224 e. The van der Waals surface area contributed by atoms with E-state index in [0.717, 1.165) is 24.3 Å². The van der Waals surface area contributed by atoms with Crippen molar-refractivity contribution in [2.75, 3.05) is 29.2 Å². The van der Waals surface area contributed by atoms with Crippen molar-refractivity contribution in [3.05, 3.63) is 23.2 Å². The molecule has 0 aromatic heterocycles. The minimum atomic E-state index is -0.0468. The molecule has 1 aromatic carbocycles. The van der Waals surface area contributed by atoms with Crippen LogP contribution in [-0.4, -0.2) is 29.1 Å². The number of thioether (sulfide) groups is 1. The third-order valence-corrected chi connectivity index (χ3v) is 3.87. The van der Waals surface area contributed by atoms with Crippen LogP contribution in [0, 0.1) is 0 Å². The summed E-state index contributed by atoms with van der Waals surface area (Å²) in [4.78, 5) is 11.7. The van der Waals surface area contributed by atoms with Crippen molar-refractivity contribution in [2.24, 2.45) is 0 Å². The Hall–Kier alpha value is -0.910. The summed E-state index contributed by atoms with van der Waals surface area (Å²) in [5, 5.41) is 11.8. The monoisotopic (exact) mass is 302 g/mol. The lowest BCUT2D eigenvalue weighted by Gasteiger charge is -2.07. The summed E-state index contributed by atoms with van der Waals surface area (Å²) in [7, 11) is 0. The van der Waals surface area contributed by atoms with Gasteiger partial charge in [0.15, 0.2) is 0 Å². The summed E-state index contributed by atoms with van der Waals surface area (Å²) in [5.74, 6) is 1.81. The topological polar surface area (TPSA) is 75.3 Å². The molecule has 0 spiro atoms. The highest BCUT2D eigenvalue weighted by atomic mass is 35.5. The van der Waals surface area contributed by atoms with Gasteiger partial charge in [0.2, 0.25) is 5.91 Å². The average Bonchev–Trinajstić information content (AvgIpc) is 2.37. The molecule has 0 aliphatic heterocycles. The Bertz CT molecular complexity index is 416. The Morgan fingerprint density at radius 3 is 2.79 bits per heavy atom. The van der Waals surface area contributed by atoms with E-state index in [9.17, 15) is 4.79 Å². The number of carbonyl (C=O) groups excluding carboxylic acids is 1. The van der Waals surface area contributed by atoms with Gasteiger partial charge < -0.3 is 16.2 Å². The number of nitrogens with one attached hydrogen (secondary N) is 1. The number of amides is 1. The third-order valence-electron chi connectivity index (χ3n) is 2.41. The van der Waals surface area contributed by atoms with Crippen LogP contribution in [0.3, 0.4) is 0 Å². The summed E-state index contributed by atoms with van der Waals surface area (Å²) in [6.45, 7) is 0.225. The highest BCUT2D eigenvalue weighted by Crippen LogP contribution is 2.24. The van der Waals surface area contributed by atoms with Gasteiger partial charge in [0, 0.05) is 18.7 Å². The molecular formula is C13H19ClN2O2S. The van der Waals surface area contributed by atoms with Gasteiger partial charge in [-0.2, -0.15) is 11.8 Å². The fraction of sp³-hybridized carbons (Fsp3) is 0.462. The number of nitrogens with two attached hydrogens (primary N) is 1. The first kappa shape index (κ1) is 16.1. The van der Waals surface area contributed by atoms with Gasteiger partial charge in [-0.25, -0.2) is 0 Å². The Kier molecular flexibility index (Phi) is 7.70. The lowest BCUT2D eigenvalue weighted by molar-refractivity contribution is -0.116. The quantitative estimate of drug-likeness (QED) is 0.510. The molecule has 106 valence electrons. The Balaban J connectivity index is 2.23. The van der Waals surface area contributed by atoms with E-state index in [-0.39, 0.29) is 12.5 Å². The van der Waals surface area contributed by atoms with Gasteiger partial charge in [0.25, 0.3) is 0 Å². The van der Waals surface area contributed by atoms with Crippen LogP contribution in [0.15, 0.2) is 18.2 Å². The van der Waals surface area contributed by atoms with Crippen LogP contribution < -0.4 is 11.1 Å². The lowest BCUT2D eigenvalue weighted by Crippen LogP contribution is -2.12. The lowest BCUT2D eigenvalue weighted by atomic mass is 10.2. The maximum atomic E-state index is 11.7. The van der Waals surface area contributed by atoms with E-state index < -0.39 is 0 Å². The van der Waals surface area contributed by atoms with Gasteiger partial charge >= 0.3 is 0 Å². The summed E-state index contributed by atoms with van der Waals surface area (Å²) in [5.41, 5.74) is 6.74. The zero-order chi connectivity index (χ0) is 14.1. The summed E-state index contributed by atoms with van der Waals surface area (Å²) < 4.78 is 0. The Morgan fingerprint density at radius 2 is 2.11 bits per heavy atom. The number of anilines is 2. The van der Waals surface area contributed by atoms with Crippen LogP contribution >= 0.6 is 23.4 Å². The second-order valence-corrected chi connectivity index (χ2v) is 5.71. The van der Waals surface area contributed by atoms with Crippen molar-refractivity contribution < 1.29 is 9.90 Å². The molecule has 4 N–H and O–H groups in total. The normalized spacial score (nSPS) is 10.4. The van der Waals surface area contributed by atoms with Gasteiger partial charge in [-0.1, -0.05) is 11.6 Å². The highest BCUT2D eigenvalue weighted by molar-refractivity contribution is 7.99. The first-order valence-corrected chi connectivity index (χ1v) is 7.70. The number of benzene rings is 1. The largest absolute Gasteiger partial charge is 0.399 e. The fourth-order valence-electron chi connectivity index (χ4n) is 1.45. The second kappa shape index (κ2) is 9.07. The molecule has 6 heteroatoms. The van der Waals surface area contributed by atoms with E-state index in [2.05, 4.69) is 5.32 Å². The summed E-state index contributed by atoms with van der Waals surface area (Å²) in [6, 6.07) is 5.01. The fourth-order valence-corrected chi connectivity index (χ4v) is 2.57. The smallest absolute Gasteiger partial charge is 0.224 e. The summed E-state index contributed by atoms with van der Waals surface area (Å²) >= 11 is 7.72. The number of aliphatic hydroxyl groups is 1. The van der Waals surface area contributed by atoms with Gasteiger partial charge in [-0.15, -0.1) is 0 Å². The minimum Gasteiger partial charge on any atom is -0.399 e. The number of halogens is 1. The van der Waals surface area contributed by atoms with Gasteiger partial charge in [-0.3, -0.25) is 4.79 Å². The molecule has 0 atom stereocenters. The van der Waals surface area contributed by atoms with E-state index in [1.54, 1.807) is 30.0 Å². The molecule has 0 aliphatic rings. The van der Waals surface area contributed by atoms with Crippen molar-refractivity contribution >= 4 is 40.6 Å². The van der Waals surface area contributed by atoms with E-state index in [1.807, 2.05) is 0 Å². The maximum absolute atomic E-state index is 11.7. The third kappa shape index (κ3) is 6.71. The summed E-state index contributed by atoms with van der Waals surface area (Å²) in [6.07, 6.45) is 2.08. The Morgan fingerprint density at radius 1 is 1.37 bits per heavy atom. The molecule has 1 rings (SSSR count). The van der Waals surface area contributed by atoms with Crippen LogP contribution in [-0.2, 0) is 4.79 Å². The molecule has 1 amide bonds. The SMILES string of the molecule is Nc1ccc(NC(=O)CCCSCCCO)c(Cl)c1. The average molecular weight is 303 g/mol. The molecule has 19 heavy (non-hydrogen) atoms. The number of aliphatic hydroxyl groups excluding tert-OH is 1. The van der Waals surface area contributed by atoms with Crippen molar-refractivity contribution in [3.63, 3.8) is 0 Å². The van der Waals surface area contributed by atoms with Crippen LogP contribution in [0.5, 0.6) is 0 Å². The van der Waals surface area contributed by atoms with Crippen molar-refractivity contribution in [2.45, 2.75) is 19.3 Å². The van der Waals surface area contributed by atoms with E-state index in [0.29, 0.717) is 22.8 Å². The number of nitrogen functional groups attached to an aromatic ring is 1. The molecule has 0 aliphatic carbocycles. The standard InChI is InChI=1S/C13H19ClN2O2S/c14-11-9-10(15)4-5-12(11)16-13(18)3-1-7-19-8-2-6-17/h4-5,9,17H,1-3,6-8,15H2,(H,16,18). The molecule has 0 fully saturated rings. The van der Waals surface area contributed by atoms with Gasteiger partial charge in [0.05, 0.1) is 10.7 Å². The van der Waals surface area contributed by atoms with Crippen molar-refractivity contribution in [1.82, 2.24) is 0 Å². The number of hydrogen-bond acceptors (Lipinski definition) is 4. The van der Waals surface area contributed by atoms with Crippen LogP contribution in [0.2, 0.25) is 5.02 Å². The Labute approximate surface area is 122 Å². The molecule has 0 heterocycles. The molecule has 0 bridgehead atoms. The first-order chi connectivity index (χ1) is 9.13. The molecule has 0 saturated heterocycles. The molecule has 1 aromatic rings. The first-order valence-electron chi connectivity index (χ1n) is 6.17. The van der Waals surface area contributed by atoms with Crippen LogP contribution in [0.4, 0.5) is 11.4 Å². The highest BCUT2D eigenvalue weighted by Gasteiger charge is 2.05. The van der Waals surface area contributed by atoms with Crippen molar-refractivity contribution in [3.8, 4) is 0 Å². The van der Waals surface area contributed by atoms with E-state index in [4.69, 9.17) is 22.4 Å². The van der Waals surface area contributed by atoms with Gasteiger partial charge in [0.1, 0.15) is 0 Å². The molecule has 0 radical (unpaired) electrons. The molecule has 0 unspecified atom stereocenters. The number of carbonyl (C=O) groups is 1. The van der Waals surface area contributed by atoms with E-state index >= 15 is 0 Å². The van der Waals surface area contributed by atoms with Crippen LogP contribution in [0.1, 0.15) is 19.3 Å². The van der Waals surface area contributed by atoms with Crippen LogP contribution in [0.25, 0.3) is 0 Å². The second-order valence-electron chi connectivity index (χ2n) is 4.08. The number of hydrogen-bond donors (Lipinski definition) is 3. The number of rotatable bonds is 8. The van der Waals surface area contributed by atoms with Gasteiger partial charge in [-0.05, 0) is 42.5 Å². The zero-order valence-electron chi connectivity index (χ0n) is 10.7. The zero-order valence-corrected chi connectivity index (χ0v) is 12.3. The molecule has 4 nitrogen and oxygen atoms in total. The predicted octanol–water partition coefficient (Wildman–Crippen LogP) is 2.76. The minimum absolute atomic E-state index is 0.0468. The van der Waals surface area contributed by atoms with Crippen molar-refractivity contribution in [1.29, 1.82) is 0 Å². The molecular weight excluding hydrogens is 284 g/mol. The van der Waals surface area contributed by atoms with E-state index in [1.165, 1.54) is 0 Å². The predicted molar refractivity (Wildman–Crippen MR) is 82.8 cm³/mol. The molecule has 0 saturated carbocycles.